The number of carboxylic acids is 1. The normalized spacial score (nSPS) is 19.1. The number of aliphatic hydroxyl groups excluding tert-OH is 2. The zero-order valence-corrected chi connectivity index (χ0v) is 45.3. The van der Waals surface area contributed by atoms with Crippen LogP contribution in [0.25, 0.3) is 0 Å². The van der Waals surface area contributed by atoms with Gasteiger partial charge in [-0.3, -0.25) is 14.4 Å². The first-order chi connectivity index (χ1) is 35.6. The molecule has 12 heteroatoms. The average molecular weight is 1020 g/mol. The maximum atomic E-state index is 13.1. The Bertz CT molecular complexity index is 1640. The van der Waals surface area contributed by atoms with E-state index in [1.165, 1.54) is 44.9 Å². The highest BCUT2D eigenvalue weighted by Gasteiger charge is 2.50. The van der Waals surface area contributed by atoms with Crippen LogP contribution in [0.15, 0.2) is 97.2 Å². The number of aliphatic carboxylic acids is 1. The molecule has 6 atom stereocenters. The lowest BCUT2D eigenvalue weighted by molar-refractivity contribution is -0.301. The molecule has 1 aliphatic rings. The van der Waals surface area contributed by atoms with Crippen molar-refractivity contribution in [2.75, 3.05) is 13.2 Å². The molecular weight excluding hydrogens is 925 g/mol. The SMILES string of the molecule is CC/C=C\C/C=C\C/C=C\C/C=C\C/C=C\CC(=O)OC1C(OCC(COC(=O)CCCCCCC/C=C\C/C=C\CCCCC)OC(=O)CCCCCCC/C=C\CCCCCC)OC(C(=O)O)C(O)C1O. The topological polar surface area (TPSA) is 175 Å². The van der Waals surface area contributed by atoms with E-state index in [1.807, 2.05) is 12.2 Å². The van der Waals surface area contributed by atoms with E-state index in [0.717, 1.165) is 109 Å². The molecule has 414 valence electrons. The molecule has 6 unspecified atom stereocenters. The van der Waals surface area contributed by atoms with Crippen molar-refractivity contribution in [3.05, 3.63) is 97.2 Å². The van der Waals surface area contributed by atoms with Crippen molar-refractivity contribution < 1.29 is 58.2 Å². The number of carbonyl (C=O) groups excluding carboxylic acids is 3. The molecule has 1 rings (SSSR count). The van der Waals surface area contributed by atoms with Gasteiger partial charge in [-0.15, -0.1) is 0 Å². The Labute approximate surface area is 441 Å². The zero-order valence-electron chi connectivity index (χ0n) is 45.3. The summed E-state index contributed by atoms with van der Waals surface area (Å²) in [5, 5.41) is 31.4. The Morgan fingerprint density at radius 1 is 0.479 bits per heavy atom. The molecule has 1 fully saturated rings. The molecule has 12 nitrogen and oxygen atoms in total. The number of hydrogen-bond acceptors (Lipinski definition) is 11. The second-order valence-corrected chi connectivity index (χ2v) is 18.8. The molecule has 0 aromatic carbocycles. The van der Waals surface area contributed by atoms with Gasteiger partial charge in [-0.1, -0.05) is 189 Å². The monoisotopic (exact) mass is 1020 g/mol. The Morgan fingerprint density at radius 2 is 0.904 bits per heavy atom. The fraction of sp³-hybridized carbons (Fsp3) is 0.672. The highest BCUT2D eigenvalue weighted by molar-refractivity contribution is 5.74. The summed E-state index contributed by atoms with van der Waals surface area (Å²) in [6, 6.07) is 0. The second-order valence-electron chi connectivity index (χ2n) is 18.8. The molecule has 0 bridgehead atoms. The summed E-state index contributed by atoms with van der Waals surface area (Å²) in [5.41, 5.74) is 0. The summed E-state index contributed by atoms with van der Waals surface area (Å²) in [6.07, 6.45) is 51.2. The number of ether oxygens (including phenoxy) is 5. The fourth-order valence-electron chi connectivity index (χ4n) is 7.82. The molecule has 0 radical (unpaired) electrons. The van der Waals surface area contributed by atoms with Crippen LogP contribution < -0.4 is 0 Å². The molecule has 0 aliphatic carbocycles. The van der Waals surface area contributed by atoms with E-state index in [-0.39, 0.29) is 25.9 Å². The smallest absolute Gasteiger partial charge is 0.335 e. The van der Waals surface area contributed by atoms with Crippen LogP contribution in [0.5, 0.6) is 0 Å². The summed E-state index contributed by atoms with van der Waals surface area (Å²) in [5.74, 6) is -3.32. The van der Waals surface area contributed by atoms with Gasteiger partial charge >= 0.3 is 23.9 Å². The average Bonchev–Trinajstić information content (AvgIpc) is 3.37. The number of carboxylic acid groups (broad SMARTS) is 1. The van der Waals surface area contributed by atoms with Gasteiger partial charge in [0.25, 0.3) is 0 Å². The Balaban J connectivity index is 2.78. The third-order valence-corrected chi connectivity index (χ3v) is 12.1. The molecule has 1 saturated heterocycles. The van der Waals surface area contributed by atoms with E-state index in [9.17, 15) is 34.5 Å². The van der Waals surface area contributed by atoms with Crippen molar-refractivity contribution in [3.8, 4) is 0 Å². The molecule has 0 spiro atoms. The van der Waals surface area contributed by atoms with Crippen LogP contribution in [0.4, 0.5) is 0 Å². The predicted molar refractivity (Wildman–Crippen MR) is 294 cm³/mol. The first kappa shape index (κ1) is 66.7. The fourth-order valence-corrected chi connectivity index (χ4v) is 7.82. The molecule has 0 saturated carbocycles. The standard InChI is InChI=1S/C61H98O12/c1-4-7-10-13-16-19-22-25-27-30-32-35-38-41-44-47-53(62)69-50-52(71-54(63)48-45-42-39-36-33-29-24-21-18-15-12-9-6-3)51-70-61-59(57(66)56(65)58(73-61)60(67)68)72-55(64)49-46-43-40-37-34-31-28-26-23-20-17-14-11-8-5-2/h8,11,16-17,19-21,24-28,34,37,43,46,52,56-59,61,65-66H,4-7,9-10,12-15,18,22-23,29-33,35-36,38-42,44-45,47-51H2,1-3H3,(H,67,68)/b11-8-,19-16-,20-17-,24-21-,27-25-,28-26-,37-34-,46-43-. The van der Waals surface area contributed by atoms with Gasteiger partial charge < -0.3 is 39.0 Å². The summed E-state index contributed by atoms with van der Waals surface area (Å²) < 4.78 is 28.2. The van der Waals surface area contributed by atoms with Crippen molar-refractivity contribution in [2.24, 2.45) is 0 Å². The molecule has 0 amide bonds. The molecule has 0 aromatic heterocycles. The molecule has 73 heavy (non-hydrogen) atoms. The van der Waals surface area contributed by atoms with Gasteiger partial charge in [0.05, 0.1) is 13.0 Å². The minimum atomic E-state index is -1.94. The number of carbonyl (C=O) groups is 4. The van der Waals surface area contributed by atoms with Crippen molar-refractivity contribution >= 4 is 23.9 Å². The highest BCUT2D eigenvalue weighted by atomic mass is 16.7. The highest BCUT2D eigenvalue weighted by Crippen LogP contribution is 2.26. The molecule has 0 aromatic rings. The lowest BCUT2D eigenvalue weighted by atomic mass is 9.98. The van der Waals surface area contributed by atoms with Crippen LogP contribution in [0, 0.1) is 0 Å². The third kappa shape index (κ3) is 38.8. The van der Waals surface area contributed by atoms with Gasteiger partial charge in [-0.05, 0) is 103 Å². The van der Waals surface area contributed by atoms with Gasteiger partial charge in [-0.2, -0.15) is 0 Å². The first-order valence-corrected chi connectivity index (χ1v) is 28.2. The quantitative estimate of drug-likeness (QED) is 0.0228. The minimum Gasteiger partial charge on any atom is -0.479 e. The molecule has 3 N–H and O–H groups in total. The molecule has 1 heterocycles. The van der Waals surface area contributed by atoms with Crippen molar-refractivity contribution in [1.29, 1.82) is 0 Å². The van der Waals surface area contributed by atoms with Gasteiger partial charge in [0.15, 0.2) is 24.6 Å². The van der Waals surface area contributed by atoms with E-state index in [4.69, 9.17) is 23.7 Å². The van der Waals surface area contributed by atoms with E-state index in [2.05, 4.69) is 93.7 Å². The predicted octanol–water partition coefficient (Wildman–Crippen LogP) is 14.1. The van der Waals surface area contributed by atoms with Gasteiger partial charge in [0.1, 0.15) is 18.8 Å². The van der Waals surface area contributed by atoms with E-state index < -0.39 is 67.3 Å². The van der Waals surface area contributed by atoms with Crippen molar-refractivity contribution in [2.45, 2.75) is 250 Å². The van der Waals surface area contributed by atoms with E-state index in [0.29, 0.717) is 19.3 Å². The second kappa shape index (κ2) is 48.6. The molecular formula is C61H98O12. The lowest BCUT2D eigenvalue weighted by Crippen LogP contribution is -2.61. The van der Waals surface area contributed by atoms with Crippen LogP contribution in [0.1, 0.15) is 213 Å². The number of esters is 3. The van der Waals surface area contributed by atoms with Gasteiger partial charge in [0.2, 0.25) is 0 Å². The number of rotatable bonds is 46. The summed E-state index contributed by atoms with van der Waals surface area (Å²) in [7, 11) is 0. The number of aliphatic hydroxyl groups is 2. The Hall–Kier alpha value is -4.36. The number of hydrogen-bond donors (Lipinski definition) is 3. The third-order valence-electron chi connectivity index (χ3n) is 12.1. The van der Waals surface area contributed by atoms with Crippen molar-refractivity contribution in [3.63, 3.8) is 0 Å². The summed E-state index contributed by atoms with van der Waals surface area (Å²) in [6.45, 7) is 5.75. The zero-order chi connectivity index (χ0) is 53.3. The number of unbranched alkanes of at least 4 members (excludes halogenated alkanes) is 17. The Kier molecular flexibility index (Phi) is 44.4. The van der Waals surface area contributed by atoms with Crippen LogP contribution in [0.2, 0.25) is 0 Å². The van der Waals surface area contributed by atoms with Crippen molar-refractivity contribution in [1.82, 2.24) is 0 Å². The van der Waals surface area contributed by atoms with Gasteiger partial charge in [0, 0.05) is 12.8 Å². The minimum absolute atomic E-state index is 0.135. The van der Waals surface area contributed by atoms with Crippen LogP contribution >= 0.6 is 0 Å². The van der Waals surface area contributed by atoms with Gasteiger partial charge in [-0.25, -0.2) is 4.79 Å². The van der Waals surface area contributed by atoms with E-state index >= 15 is 0 Å². The lowest BCUT2D eigenvalue weighted by Gasteiger charge is -2.40. The Morgan fingerprint density at radius 3 is 1.42 bits per heavy atom. The summed E-state index contributed by atoms with van der Waals surface area (Å²) in [4.78, 5) is 50.9. The largest absolute Gasteiger partial charge is 0.479 e. The molecule has 1 aliphatic heterocycles. The summed E-state index contributed by atoms with van der Waals surface area (Å²) >= 11 is 0. The van der Waals surface area contributed by atoms with Crippen LogP contribution in [0.3, 0.4) is 0 Å². The number of allylic oxidation sites excluding steroid dienone is 15. The maximum Gasteiger partial charge on any atom is 0.335 e. The first-order valence-electron chi connectivity index (χ1n) is 28.2. The van der Waals surface area contributed by atoms with Crippen LogP contribution in [-0.4, -0.2) is 89.2 Å². The maximum absolute atomic E-state index is 13.1. The van der Waals surface area contributed by atoms with E-state index in [1.54, 1.807) is 12.2 Å². The van der Waals surface area contributed by atoms with Crippen LogP contribution in [-0.2, 0) is 42.9 Å².